The third-order valence-electron chi connectivity index (χ3n) is 4.22. The fraction of sp³-hybridized carbons (Fsp3) is 0.562. The van der Waals surface area contributed by atoms with Crippen molar-refractivity contribution in [3.05, 3.63) is 29.8 Å². The number of hydrogen-bond acceptors (Lipinski definition) is 6. The van der Waals surface area contributed by atoms with Crippen molar-refractivity contribution in [1.29, 1.82) is 0 Å². The van der Waals surface area contributed by atoms with Crippen LogP contribution in [0, 0.1) is 0 Å². The summed E-state index contributed by atoms with van der Waals surface area (Å²) >= 11 is 0. The largest absolute Gasteiger partial charge is 0.379 e. The fourth-order valence-electron chi connectivity index (χ4n) is 2.75. The molecule has 138 valence electrons. The topological polar surface area (TPSA) is 97.0 Å². The van der Waals surface area contributed by atoms with E-state index in [4.69, 9.17) is 9.47 Å². The lowest BCUT2D eigenvalue weighted by molar-refractivity contribution is -0.134. The number of morpholine rings is 2. The number of amides is 1. The van der Waals surface area contributed by atoms with Crippen LogP contribution < -0.4 is 10.6 Å². The van der Waals surface area contributed by atoms with Gasteiger partial charge in [-0.1, -0.05) is 12.1 Å². The Labute approximate surface area is 147 Å². The van der Waals surface area contributed by atoms with E-state index in [1.807, 2.05) is 0 Å². The lowest BCUT2D eigenvalue weighted by atomic mass is 10.2. The first-order valence-electron chi connectivity index (χ1n) is 8.34. The molecule has 1 aromatic rings. The normalized spacial score (nSPS) is 22.5. The first kappa shape index (κ1) is 18.3. The highest BCUT2D eigenvalue weighted by Crippen LogP contribution is 2.17. The molecule has 1 atom stereocenters. The van der Waals surface area contributed by atoms with E-state index in [0.29, 0.717) is 46.0 Å². The van der Waals surface area contributed by atoms with Gasteiger partial charge in [0.1, 0.15) is 6.10 Å². The molecule has 2 fully saturated rings. The summed E-state index contributed by atoms with van der Waals surface area (Å²) < 4.78 is 37.1. The Hall–Kier alpha value is -1.52. The van der Waals surface area contributed by atoms with Crippen molar-refractivity contribution in [3.8, 4) is 0 Å². The standard InChI is InChI=1S/C16H23N3O5S/c20-16(15-12-17-5-8-24-15)18-11-13-1-3-14(4-2-13)25(21,22)19-6-9-23-10-7-19/h1-4,15,17H,5-12H2,(H,18,20). The second-order valence-electron chi connectivity index (χ2n) is 5.94. The molecule has 0 aromatic heterocycles. The number of carbonyl (C=O) groups is 1. The minimum atomic E-state index is -3.49. The highest BCUT2D eigenvalue weighted by atomic mass is 32.2. The molecule has 1 unspecified atom stereocenters. The maximum absolute atomic E-state index is 12.5. The van der Waals surface area contributed by atoms with E-state index in [-0.39, 0.29) is 10.8 Å². The molecule has 8 nitrogen and oxygen atoms in total. The van der Waals surface area contributed by atoms with E-state index >= 15 is 0 Å². The molecule has 1 aromatic carbocycles. The predicted molar refractivity (Wildman–Crippen MR) is 90.5 cm³/mol. The van der Waals surface area contributed by atoms with Crippen molar-refractivity contribution in [2.75, 3.05) is 46.0 Å². The Morgan fingerprint density at radius 2 is 1.92 bits per heavy atom. The van der Waals surface area contributed by atoms with Crippen molar-refractivity contribution < 1.29 is 22.7 Å². The number of nitrogens with one attached hydrogen (secondary N) is 2. The summed E-state index contributed by atoms with van der Waals surface area (Å²) in [6.07, 6.45) is -0.477. The van der Waals surface area contributed by atoms with Gasteiger partial charge in [-0.2, -0.15) is 4.31 Å². The van der Waals surface area contributed by atoms with Gasteiger partial charge in [-0.15, -0.1) is 0 Å². The van der Waals surface area contributed by atoms with Crippen LogP contribution in [-0.4, -0.2) is 70.7 Å². The number of nitrogens with zero attached hydrogens (tertiary/aromatic N) is 1. The van der Waals surface area contributed by atoms with Gasteiger partial charge in [0.15, 0.2) is 0 Å². The predicted octanol–water partition coefficient (Wildman–Crippen LogP) is -0.688. The molecule has 0 saturated carbocycles. The van der Waals surface area contributed by atoms with Crippen LogP contribution in [0.1, 0.15) is 5.56 Å². The smallest absolute Gasteiger partial charge is 0.250 e. The van der Waals surface area contributed by atoms with Crippen molar-refractivity contribution in [2.45, 2.75) is 17.5 Å². The van der Waals surface area contributed by atoms with Crippen molar-refractivity contribution in [1.82, 2.24) is 14.9 Å². The molecule has 3 rings (SSSR count). The van der Waals surface area contributed by atoms with E-state index in [9.17, 15) is 13.2 Å². The SMILES string of the molecule is O=C(NCc1ccc(S(=O)(=O)N2CCOCC2)cc1)C1CNCCO1. The number of hydrogen-bond donors (Lipinski definition) is 2. The molecular formula is C16H23N3O5S. The summed E-state index contributed by atoms with van der Waals surface area (Å²) in [5.41, 5.74) is 0.832. The van der Waals surface area contributed by atoms with Crippen LogP contribution in [-0.2, 0) is 30.8 Å². The molecule has 2 aliphatic heterocycles. The number of sulfonamides is 1. The molecule has 0 radical (unpaired) electrons. The number of rotatable bonds is 5. The zero-order valence-electron chi connectivity index (χ0n) is 13.9. The van der Waals surface area contributed by atoms with Crippen LogP contribution in [0.2, 0.25) is 0 Å². The summed E-state index contributed by atoms with van der Waals surface area (Å²) in [6.45, 7) is 3.68. The highest BCUT2D eigenvalue weighted by Gasteiger charge is 2.26. The van der Waals surface area contributed by atoms with E-state index in [0.717, 1.165) is 12.1 Å². The average Bonchev–Trinajstić information content (AvgIpc) is 2.68. The number of carbonyl (C=O) groups excluding carboxylic acids is 1. The van der Waals surface area contributed by atoms with Gasteiger partial charge < -0.3 is 20.1 Å². The quantitative estimate of drug-likeness (QED) is 0.713. The van der Waals surface area contributed by atoms with Gasteiger partial charge in [0.05, 0.1) is 24.7 Å². The summed E-state index contributed by atoms with van der Waals surface area (Å²) in [7, 11) is -3.49. The minimum absolute atomic E-state index is 0.169. The molecule has 2 N–H and O–H groups in total. The Bertz CT molecular complexity index is 680. The van der Waals surface area contributed by atoms with Gasteiger partial charge >= 0.3 is 0 Å². The Kier molecular flexibility index (Phi) is 6.02. The maximum atomic E-state index is 12.5. The van der Waals surface area contributed by atoms with E-state index in [2.05, 4.69) is 10.6 Å². The molecule has 1 amide bonds. The van der Waals surface area contributed by atoms with Crippen LogP contribution in [0.5, 0.6) is 0 Å². The summed E-state index contributed by atoms with van der Waals surface area (Å²) in [6, 6.07) is 6.58. The van der Waals surface area contributed by atoms with Crippen LogP contribution >= 0.6 is 0 Å². The lowest BCUT2D eigenvalue weighted by Crippen LogP contribution is -2.47. The zero-order valence-corrected chi connectivity index (χ0v) is 14.8. The van der Waals surface area contributed by atoms with E-state index in [1.165, 1.54) is 4.31 Å². The van der Waals surface area contributed by atoms with Crippen LogP contribution in [0.4, 0.5) is 0 Å². The van der Waals surface area contributed by atoms with E-state index < -0.39 is 16.1 Å². The van der Waals surface area contributed by atoms with Gasteiger partial charge in [0, 0.05) is 32.7 Å². The molecule has 0 spiro atoms. The van der Waals surface area contributed by atoms with Gasteiger partial charge in [-0.25, -0.2) is 8.42 Å². The second-order valence-corrected chi connectivity index (χ2v) is 7.88. The maximum Gasteiger partial charge on any atom is 0.250 e. The number of ether oxygens (including phenoxy) is 2. The monoisotopic (exact) mass is 369 g/mol. The Balaban J connectivity index is 1.57. The van der Waals surface area contributed by atoms with Crippen LogP contribution in [0.25, 0.3) is 0 Å². The van der Waals surface area contributed by atoms with E-state index in [1.54, 1.807) is 24.3 Å². The molecule has 2 aliphatic rings. The van der Waals surface area contributed by atoms with Crippen molar-refractivity contribution >= 4 is 15.9 Å². The molecule has 0 aliphatic carbocycles. The molecule has 0 bridgehead atoms. The third-order valence-corrected chi connectivity index (χ3v) is 6.13. The number of benzene rings is 1. The molecule has 9 heteroatoms. The molecular weight excluding hydrogens is 346 g/mol. The van der Waals surface area contributed by atoms with Gasteiger partial charge in [-0.3, -0.25) is 4.79 Å². The third kappa shape index (κ3) is 4.56. The van der Waals surface area contributed by atoms with Crippen LogP contribution in [0.3, 0.4) is 0 Å². The average molecular weight is 369 g/mol. The zero-order chi connectivity index (χ0) is 17.7. The fourth-order valence-corrected chi connectivity index (χ4v) is 4.16. The Morgan fingerprint density at radius 1 is 1.20 bits per heavy atom. The highest BCUT2D eigenvalue weighted by molar-refractivity contribution is 7.89. The van der Waals surface area contributed by atoms with Crippen molar-refractivity contribution in [2.24, 2.45) is 0 Å². The summed E-state index contributed by atoms with van der Waals surface area (Å²) in [5.74, 6) is -0.169. The summed E-state index contributed by atoms with van der Waals surface area (Å²) in [4.78, 5) is 12.3. The molecule has 25 heavy (non-hydrogen) atoms. The Morgan fingerprint density at radius 3 is 2.56 bits per heavy atom. The molecule has 2 heterocycles. The van der Waals surface area contributed by atoms with Gasteiger partial charge in [0.25, 0.3) is 5.91 Å². The second kappa shape index (κ2) is 8.24. The first-order valence-corrected chi connectivity index (χ1v) is 9.78. The summed E-state index contributed by atoms with van der Waals surface area (Å²) in [5, 5.41) is 5.91. The minimum Gasteiger partial charge on any atom is -0.379 e. The first-order chi connectivity index (χ1) is 12.1. The van der Waals surface area contributed by atoms with Gasteiger partial charge in [0.2, 0.25) is 10.0 Å². The van der Waals surface area contributed by atoms with Crippen LogP contribution in [0.15, 0.2) is 29.2 Å². The van der Waals surface area contributed by atoms with Crippen molar-refractivity contribution in [3.63, 3.8) is 0 Å². The molecule has 2 saturated heterocycles. The van der Waals surface area contributed by atoms with Gasteiger partial charge in [-0.05, 0) is 17.7 Å². The lowest BCUT2D eigenvalue weighted by Gasteiger charge is -2.26.